The summed E-state index contributed by atoms with van der Waals surface area (Å²) in [5.41, 5.74) is 2.75. The number of hydrogen-bond acceptors (Lipinski definition) is 4. The fourth-order valence-corrected chi connectivity index (χ4v) is 2.70. The van der Waals surface area contributed by atoms with Gasteiger partial charge in [0.1, 0.15) is 0 Å². The number of aliphatic hydroxyl groups excluding tert-OH is 1. The van der Waals surface area contributed by atoms with Gasteiger partial charge in [0.2, 0.25) is 0 Å². The first kappa shape index (κ1) is 20.5. The van der Waals surface area contributed by atoms with Crippen LogP contribution in [0.15, 0.2) is 59.6 Å². The Labute approximate surface area is 160 Å². The number of carbonyl (C=O) groups excluding carboxylic acids is 1. The van der Waals surface area contributed by atoms with Crippen molar-refractivity contribution in [3.63, 3.8) is 0 Å². The zero-order valence-corrected chi connectivity index (χ0v) is 15.8. The van der Waals surface area contributed by atoms with E-state index in [-0.39, 0.29) is 18.5 Å². The molecule has 0 saturated heterocycles. The first-order valence-electron chi connectivity index (χ1n) is 8.95. The Balaban J connectivity index is 1.79. The van der Waals surface area contributed by atoms with Crippen LogP contribution in [0.4, 0.5) is 0 Å². The van der Waals surface area contributed by atoms with Crippen LogP contribution in [0.5, 0.6) is 0 Å². The standard InChI is InChI=1S/C21H27N3O3/c1-22-21(24-14-19(15-25)17-6-4-3-5-7-17)23-13-12-16-8-10-18(11-9-16)20(26)27-2/h3-11,19,25H,12-15H2,1-2H3,(H2,22,23,24). The van der Waals surface area contributed by atoms with E-state index in [0.29, 0.717) is 24.6 Å². The van der Waals surface area contributed by atoms with Crippen molar-refractivity contribution < 1.29 is 14.6 Å². The van der Waals surface area contributed by atoms with Gasteiger partial charge in [-0.05, 0) is 29.7 Å². The van der Waals surface area contributed by atoms with Gasteiger partial charge in [-0.3, -0.25) is 4.99 Å². The topological polar surface area (TPSA) is 83.0 Å². The summed E-state index contributed by atoms with van der Waals surface area (Å²) >= 11 is 0. The van der Waals surface area contributed by atoms with Crippen molar-refractivity contribution in [2.45, 2.75) is 12.3 Å². The second-order valence-corrected chi connectivity index (χ2v) is 6.11. The number of benzene rings is 2. The molecule has 1 atom stereocenters. The van der Waals surface area contributed by atoms with Crippen LogP contribution >= 0.6 is 0 Å². The number of nitrogens with zero attached hydrogens (tertiary/aromatic N) is 1. The molecule has 0 saturated carbocycles. The summed E-state index contributed by atoms with van der Waals surface area (Å²) in [7, 11) is 3.09. The number of ether oxygens (including phenoxy) is 1. The molecule has 0 spiro atoms. The Kier molecular flexibility index (Phi) is 8.32. The van der Waals surface area contributed by atoms with E-state index < -0.39 is 0 Å². The van der Waals surface area contributed by atoms with Crippen LogP contribution in [-0.2, 0) is 11.2 Å². The summed E-state index contributed by atoms with van der Waals surface area (Å²) in [6, 6.07) is 17.3. The van der Waals surface area contributed by atoms with Gasteiger partial charge < -0.3 is 20.5 Å². The lowest BCUT2D eigenvalue weighted by molar-refractivity contribution is 0.0600. The molecule has 2 rings (SSSR count). The van der Waals surface area contributed by atoms with E-state index in [1.54, 1.807) is 19.2 Å². The number of nitrogens with one attached hydrogen (secondary N) is 2. The molecule has 0 aromatic heterocycles. The number of aliphatic imine (C=N–C) groups is 1. The summed E-state index contributed by atoms with van der Waals surface area (Å²) in [5.74, 6) is 0.368. The number of carbonyl (C=O) groups is 1. The molecule has 0 heterocycles. The maximum absolute atomic E-state index is 11.4. The minimum Gasteiger partial charge on any atom is -0.465 e. The maximum Gasteiger partial charge on any atom is 0.337 e. The third kappa shape index (κ3) is 6.42. The van der Waals surface area contributed by atoms with Gasteiger partial charge in [0.15, 0.2) is 5.96 Å². The Morgan fingerprint density at radius 1 is 1.11 bits per heavy atom. The van der Waals surface area contributed by atoms with Gasteiger partial charge in [0, 0.05) is 26.1 Å². The monoisotopic (exact) mass is 369 g/mol. The normalized spacial score (nSPS) is 12.3. The number of esters is 1. The van der Waals surface area contributed by atoms with Crippen molar-refractivity contribution in [3.05, 3.63) is 71.3 Å². The molecule has 6 heteroatoms. The van der Waals surface area contributed by atoms with Crippen molar-refractivity contribution in [1.82, 2.24) is 10.6 Å². The highest BCUT2D eigenvalue weighted by atomic mass is 16.5. The van der Waals surface area contributed by atoms with Gasteiger partial charge in [-0.25, -0.2) is 4.79 Å². The number of guanidine groups is 1. The average molecular weight is 369 g/mol. The maximum atomic E-state index is 11.4. The molecule has 0 aliphatic heterocycles. The van der Waals surface area contributed by atoms with Crippen LogP contribution in [0.3, 0.4) is 0 Å². The second-order valence-electron chi connectivity index (χ2n) is 6.11. The molecule has 2 aromatic carbocycles. The van der Waals surface area contributed by atoms with E-state index in [0.717, 1.165) is 17.5 Å². The number of methoxy groups -OCH3 is 1. The van der Waals surface area contributed by atoms with Crippen LogP contribution in [0.25, 0.3) is 0 Å². The molecular formula is C21H27N3O3. The molecule has 0 radical (unpaired) electrons. The summed E-state index contributed by atoms with van der Waals surface area (Å²) in [4.78, 5) is 15.7. The highest BCUT2D eigenvalue weighted by Crippen LogP contribution is 2.13. The van der Waals surface area contributed by atoms with Gasteiger partial charge in [-0.1, -0.05) is 42.5 Å². The average Bonchev–Trinajstić information content (AvgIpc) is 2.73. The third-order valence-corrected chi connectivity index (χ3v) is 4.31. The zero-order valence-electron chi connectivity index (χ0n) is 15.8. The quantitative estimate of drug-likeness (QED) is 0.376. The van der Waals surface area contributed by atoms with E-state index >= 15 is 0 Å². The lowest BCUT2D eigenvalue weighted by Gasteiger charge is -2.18. The smallest absolute Gasteiger partial charge is 0.337 e. The molecule has 3 N–H and O–H groups in total. The molecule has 0 bridgehead atoms. The van der Waals surface area contributed by atoms with E-state index in [2.05, 4.69) is 15.6 Å². The van der Waals surface area contributed by atoms with E-state index in [1.807, 2.05) is 42.5 Å². The Bertz CT molecular complexity index is 730. The van der Waals surface area contributed by atoms with Gasteiger partial charge in [0.25, 0.3) is 0 Å². The van der Waals surface area contributed by atoms with Crippen molar-refractivity contribution >= 4 is 11.9 Å². The molecule has 0 fully saturated rings. The zero-order chi connectivity index (χ0) is 19.5. The van der Waals surface area contributed by atoms with Crippen molar-refractivity contribution in [3.8, 4) is 0 Å². The van der Waals surface area contributed by atoms with Crippen LogP contribution in [0, 0.1) is 0 Å². The summed E-state index contributed by atoms with van der Waals surface area (Å²) < 4.78 is 4.70. The molecule has 0 amide bonds. The fraction of sp³-hybridized carbons (Fsp3) is 0.333. The minimum atomic E-state index is -0.332. The van der Waals surface area contributed by atoms with E-state index in [4.69, 9.17) is 4.74 Å². The third-order valence-electron chi connectivity index (χ3n) is 4.31. The van der Waals surface area contributed by atoms with Crippen LogP contribution in [0.2, 0.25) is 0 Å². The van der Waals surface area contributed by atoms with Crippen molar-refractivity contribution in [1.29, 1.82) is 0 Å². The molecule has 6 nitrogen and oxygen atoms in total. The number of hydrogen-bond donors (Lipinski definition) is 3. The summed E-state index contributed by atoms with van der Waals surface area (Å²) in [5, 5.41) is 16.2. The largest absolute Gasteiger partial charge is 0.465 e. The lowest BCUT2D eigenvalue weighted by atomic mass is 10.0. The molecule has 1 unspecified atom stereocenters. The molecule has 0 aliphatic carbocycles. The molecular weight excluding hydrogens is 342 g/mol. The van der Waals surface area contributed by atoms with Crippen LogP contribution in [-0.4, -0.2) is 50.9 Å². The van der Waals surface area contributed by atoms with Crippen molar-refractivity contribution in [2.24, 2.45) is 4.99 Å². The minimum absolute atomic E-state index is 0.00983. The number of aliphatic hydroxyl groups is 1. The summed E-state index contributed by atoms with van der Waals surface area (Å²) in [6.45, 7) is 1.36. The molecule has 27 heavy (non-hydrogen) atoms. The predicted octanol–water partition coefficient (Wildman–Crippen LogP) is 1.96. The molecule has 144 valence electrons. The van der Waals surface area contributed by atoms with Gasteiger partial charge in [-0.2, -0.15) is 0 Å². The SMILES string of the molecule is CN=C(NCCc1ccc(C(=O)OC)cc1)NCC(CO)c1ccccc1. The first-order chi connectivity index (χ1) is 13.2. The van der Waals surface area contributed by atoms with Gasteiger partial charge >= 0.3 is 5.97 Å². The Hall–Kier alpha value is -2.86. The van der Waals surface area contributed by atoms with E-state index in [1.165, 1.54) is 7.11 Å². The highest BCUT2D eigenvalue weighted by Gasteiger charge is 2.10. The molecule has 0 aliphatic rings. The van der Waals surface area contributed by atoms with Gasteiger partial charge in [0.05, 0.1) is 19.3 Å². The highest BCUT2D eigenvalue weighted by molar-refractivity contribution is 5.89. The summed E-state index contributed by atoms with van der Waals surface area (Å²) in [6.07, 6.45) is 0.796. The van der Waals surface area contributed by atoms with Crippen LogP contribution in [0.1, 0.15) is 27.4 Å². The first-order valence-corrected chi connectivity index (χ1v) is 8.95. The van der Waals surface area contributed by atoms with Crippen LogP contribution < -0.4 is 10.6 Å². The second kappa shape index (κ2) is 11.0. The fourth-order valence-electron chi connectivity index (χ4n) is 2.70. The van der Waals surface area contributed by atoms with Crippen molar-refractivity contribution in [2.75, 3.05) is 33.9 Å². The van der Waals surface area contributed by atoms with Gasteiger partial charge in [-0.15, -0.1) is 0 Å². The molecule has 2 aromatic rings. The lowest BCUT2D eigenvalue weighted by Crippen LogP contribution is -2.40. The number of rotatable bonds is 8. The van der Waals surface area contributed by atoms with E-state index in [9.17, 15) is 9.90 Å². The Morgan fingerprint density at radius 2 is 1.81 bits per heavy atom. The Morgan fingerprint density at radius 3 is 2.41 bits per heavy atom. The predicted molar refractivity (Wildman–Crippen MR) is 107 cm³/mol.